The second-order valence-electron chi connectivity index (χ2n) is 6.52. The van der Waals surface area contributed by atoms with Crippen LogP contribution in [0.25, 0.3) is 6.08 Å². The lowest BCUT2D eigenvalue weighted by atomic mass is 10.1. The summed E-state index contributed by atoms with van der Waals surface area (Å²) in [6.07, 6.45) is 1.43. The lowest BCUT2D eigenvalue weighted by molar-refractivity contribution is -0.118. The Kier molecular flexibility index (Phi) is 7.57. The van der Waals surface area contributed by atoms with Gasteiger partial charge in [-0.3, -0.25) is 9.59 Å². The van der Waals surface area contributed by atoms with Crippen LogP contribution in [0.1, 0.15) is 5.56 Å². The van der Waals surface area contributed by atoms with Gasteiger partial charge in [0, 0.05) is 10.7 Å². The van der Waals surface area contributed by atoms with E-state index in [0.717, 1.165) is 0 Å². The number of amides is 2. The van der Waals surface area contributed by atoms with Crippen LogP contribution in [-0.4, -0.2) is 18.4 Å². The predicted molar refractivity (Wildman–Crippen MR) is 121 cm³/mol. The Morgan fingerprint density at radius 1 is 1.03 bits per heavy atom. The zero-order valence-electron chi connectivity index (χ0n) is 16.6. The van der Waals surface area contributed by atoms with E-state index in [1.54, 1.807) is 54.6 Å². The molecule has 0 saturated heterocycles. The molecule has 0 radical (unpaired) electrons. The highest BCUT2D eigenvalue weighted by atomic mass is 35.5. The second kappa shape index (κ2) is 10.8. The third-order valence-corrected chi connectivity index (χ3v) is 4.39. The van der Waals surface area contributed by atoms with Gasteiger partial charge in [0.05, 0.1) is 5.69 Å². The summed E-state index contributed by atoms with van der Waals surface area (Å²) in [6.45, 7) is -0.311. The molecule has 3 rings (SSSR count). The van der Waals surface area contributed by atoms with E-state index in [9.17, 15) is 19.2 Å². The van der Waals surface area contributed by atoms with Crippen molar-refractivity contribution >= 4 is 40.9 Å². The first kappa shape index (κ1) is 22.5. The summed E-state index contributed by atoms with van der Waals surface area (Å²) in [6, 6.07) is 20.7. The third kappa shape index (κ3) is 6.42. The summed E-state index contributed by atoms with van der Waals surface area (Å²) in [5, 5.41) is 14.8. The minimum atomic E-state index is -0.570. The number of para-hydroxylation sites is 1. The first-order valence-corrected chi connectivity index (χ1v) is 9.78. The van der Waals surface area contributed by atoms with E-state index in [1.807, 2.05) is 6.07 Å². The van der Waals surface area contributed by atoms with Crippen molar-refractivity contribution in [2.45, 2.75) is 0 Å². The summed E-state index contributed by atoms with van der Waals surface area (Å²) < 4.78 is 19.0. The lowest BCUT2D eigenvalue weighted by Gasteiger charge is -2.08. The van der Waals surface area contributed by atoms with Crippen molar-refractivity contribution in [1.82, 2.24) is 0 Å². The molecule has 0 aromatic heterocycles. The molecule has 0 aliphatic carbocycles. The van der Waals surface area contributed by atoms with Crippen LogP contribution in [-0.2, 0) is 9.59 Å². The molecule has 0 spiro atoms. The van der Waals surface area contributed by atoms with Gasteiger partial charge < -0.3 is 15.4 Å². The van der Waals surface area contributed by atoms with Crippen molar-refractivity contribution in [3.05, 3.63) is 94.8 Å². The molecule has 3 aromatic carbocycles. The van der Waals surface area contributed by atoms with E-state index in [0.29, 0.717) is 22.0 Å². The Morgan fingerprint density at radius 2 is 1.78 bits per heavy atom. The highest BCUT2D eigenvalue weighted by molar-refractivity contribution is 6.31. The van der Waals surface area contributed by atoms with Crippen LogP contribution >= 0.6 is 11.6 Å². The Morgan fingerprint density at radius 3 is 2.47 bits per heavy atom. The van der Waals surface area contributed by atoms with Crippen LogP contribution in [0.4, 0.5) is 15.8 Å². The van der Waals surface area contributed by atoms with Crippen LogP contribution < -0.4 is 15.4 Å². The second-order valence-corrected chi connectivity index (χ2v) is 6.96. The lowest BCUT2D eigenvalue weighted by Crippen LogP contribution is -2.20. The van der Waals surface area contributed by atoms with E-state index in [4.69, 9.17) is 16.3 Å². The van der Waals surface area contributed by atoms with Crippen LogP contribution in [0.2, 0.25) is 5.02 Å². The minimum Gasteiger partial charge on any atom is -0.484 e. The molecule has 32 heavy (non-hydrogen) atoms. The van der Waals surface area contributed by atoms with Crippen molar-refractivity contribution in [2.24, 2.45) is 0 Å². The molecule has 3 aromatic rings. The maximum absolute atomic E-state index is 13.6. The summed E-state index contributed by atoms with van der Waals surface area (Å²) >= 11 is 5.89. The summed E-state index contributed by atoms with van der Waals surface area (Å²) in [5.41, 5.74) is 1.04. The van der Waals surface area contributed by atoms with Gasteiger partial charge in [0.15, 0.2) is 6.61 Å². The number of anilines is 2. The molecule has 0 atom stereocenters. The number of nitrogens with zero attached hydrogens (tertiary/aromatic N) is 1. The molecule has 0 aliphatic heterocycles. The minimum absolute atomic E-state index is 0.0710. The van der Waals surface area contributed by atoms with E-state index in [1.165, 1.54) is 24.3 Å². The molecule has 2 amide bonds. The maximum atomic E-state index is 13.6. The van der Waals surface area contributed by atoms with Gasteiger partial charge in [-0.15, -0.1) is 0 Å². The Labute approximate surface area is 188 Å². The smallest absolute Gasteiger partial charge is 0.266 e. The van der Waals surface area contributed by atoms with Gasteiger partial charge in [0.25, 0.3) is 11.8 Å². The maximum Gasteiger partial charge on any atom is 0.266 e. The fraction of sp³-hybridized carbons (Fsp3) is 0.0417. The van der Waals surface area contributed by atoms with Crippen LogP contribution in [0.5, 0.6) is 5.75 Å². The molecular formula is C24H17ClFN3O3. The van der Waals surface area contributed by atoms with Gasteiger partial charge in [-0.25, -0.2) is 4.39 Å². The fourth-order valence-electron chi connectivity index (χ4n) is 2.64. The number of ether oxygens (including phenoxy) is 1. The van der Waals surface area contributed by atoms with Crippen molar-refractivity contribution in [3.63, 3.8) is 0 Å². The van der Waals surface area contributed by atoms with Crippen LogP contribution in [0.15, 0.2) is 78.4 Å². The first-order valence-electron chi connectivity index (χ1n) is 9.40. The summed E-state index contributed by atoms with van der Waals surface area (Å²) in [4.78, 5) is 24.3. The number of carbonyl (C=O) groups excluding carboxylic acids is 2. The van der Waals surface area contributed by atoms with Crippen molar-refractivity contribution < 1.29 is 18.7 Å². The molecule has 2 N–H and O–H groups in total. The number of halogens is 2. The van der Waals surface area contributed by atoms with Crippen LogP contribution in [0.3, 0.4) is 0 Å². The fourth-order valence-corrected chi connectivity index (χ4v) is 2.83. The average Bonchev–Trinajstić information content (AvgIpc) is 2.78. The zero-order chi connectivity index (χ0) is 22.9. The van der Waals surface area contributed by atoms with Crippen molar-refractivity contribution in [1.29, 1.82) is 5.26 Å². The summed E-state index contributed by atoms with van der Waals surface area (Å²) in [7, 11) is 0. The molecule has 6 nitrogen and oxygen atoms in total. The van der Waals surface area contributed by atoms with Gasteiger partial charge in [-0.05, 0) is 54.1 Å². The van der Waals surface area contributed by atoms with E-state index < -0.39 is 17.6 Å². The molecule has 0 fully saturated rings. The number of nitriles is 1. The van der Waals surface area contributed by atoms with Crippen LogP contribution in [0, 0.1) is 17.1 Å². The molecular weight excluding hydrogens is 433 g/mol. The van der Waals surface area contributed by atoms with Gasteiger partial charge in [-0.2, -0.15) is 5.26 Å². The van der Waals surface area contributed by atoms with Gasteiger partial charge in [-0.1, -0.05) is 41.9 Å². The number of benzene rings is 3. The Hall–Kier alpha value is -4.15. The topological polar surface area (TPSA) is 91.2 Å². The number of hydrogen-bond donors (Lipinski definition) is 2. The van der Waals surface area contributed by atoms with E-state index >= 15 is 0 Å². The largest absolute Gasteiger partial charge is 0.484 e. The SMILES string of the molecule is N#CC(=Cc1ccc(OCC(=O)Nc2ccccc2F)cc1)C(=O)Nc1cccc(Cl)c1. The van der Waals surface area contributed by atoms with Gasteiger partial charge in [0.2, 0.25) is 0 Å². The number of rotatable bonds is 7. The Bertz CT molecular complexity index is 1200. The van der Waals surface area contributed by atoms with E-state index in [-0.39, 0.29) is 17.9 Å². The molecule has 160 valence electrons. The summed E-state index contributed by atoms with van der Waals surface area (Å²) in [5.74, 6) is -1.22. The van der Waals surface area contributed by atoms with Crippen molar-refractivity contribution in [3.8, 4) is 11.8 Å². The molecule has 8 heteroatoms. The molecule has 0 saturated carbocycles. The highest BCUT2D eigenvalue weighted by Crippen LogP contribution is 2.18. The monoisotopic (exact) mass is 449 g/mol. The van der Waals surface area contributed by atoms with Gasteiger partial charge in [0.1, 0.15) is 23.2 Å². The predicted octanol–water partition coefficient (Wildman–Crippen LogP) is 5.04. The highest BCUT2D eigenvalue weighted by Gasteiger charge is 2.10. The molecule has 0 aliphatic rings. The molecule has 0 heterocycles. The third-order valence-electron chi connectivity index (χ3n) is 4.16. The van der Waals surface area contributed by atoms with Gasteiger partial charge >= 0.3 is 0 Å². The number of carbonyl (C=O) groups is 2. The Balaban J connectivity index is 1.58. The quantitative estimate of drug-likeness (QED) is 0.390. The number of nitrogens with one attached hydrogen (secondary N) is 2. The normalized spacial score (nSPS) is 10.7. The standard InChI is InChI=1S/C24H17ClFN3O3/c25-18-4-3-5-19(13-18)28-24(31)17(14-27)12-16-8-10-20(11-9-16)32-15-23(30)29-22-7-2-1-6-21(22)26/h1-13H,15H2,(H,28,31)(H,29,30). The average molecular weight is 450 g/mol. The molecule has 0 bridgehead atoms. The van der Waals surface area contributed by atoms with Crippen molar-refractivity contribution in [2.75, 3.05) is 17.2 Å². The first-order chi connectivity index (χ1) is 15.4. The molecule has 0 unspecified atom stereocenters. The zero-order valence-corrected chi connectivity index (χ0v) is 17.4. The van der Waals surface area contributed by atoms with E-state index in [2.05, 4.69) is 10.6 Å². The number of hydrogen-bond acceptors (Lipinski definition) is 4.